The monoisotopic (exact) mass is 442 g/mol. The summed E-state index contributed by atoms with van der Waals surface area (Å²) >= 11 is 0. The van der Waals surface area contributed by atoms with Crippen LogP contribution in [0, 0.1) is 0 Å². The zero-order chi connectivity index (χ0) is 23.9. The van der Waals surface area contributed by atoms with Crippen molar-refractivity contribution in [3.8, 4) is 0 Å². The molecule has 10 nitrogen and oxygen atoms in total. The van der Waals surface area contributed by atoms with Gasteiger partial charge < -0.3 is 23.7 Å². The molecule has 2 saturated heterocycles. The van der Waals surface area contributed by atoms with E-state index in [1.165, 1.54) is 11.8 Å². The molecule has 4 atom stereocenters. The number of hydrogen-bond donors (Lipinski definition) is 0. The van der Waals surface area contributed by atoms with E-state index in [2.05, 4.69) is 0 Å². The number of imide groups is 1. The lowest BCUT2D eigenvalue weighted by Crippen LogP contribution is -2.54. The SMILES string of the molecule is CC(=O)N(C[C@H]1[C@@H]2OC(C)(C)O[C@@H]2[C@H](C=O)N1C(=O)OC(C)(C)C)C(=O)OC(C)(C)C. The summed E-state index contributed by atoms with van der Waals surface area (Å²) in [5.41, 5.74) is -1.65. The van der Waals surface area contributed by atoms with Crippen LogP contribution in [0.1, 0.15) is 62.3 Å². The highest BCUT2D eigenvalue weighted by Gasteiger charge is 2.60. The summed E-state index contributed by atoms with van der Waals surface area (Å²) in [7, 11) is 0. The van der Waals surface area contributed by atoms with Gasteiger partial charge in [-0.15, -0.1) is 0 Å². The molecule has 0 aromatic carbocycles. The van der Waals surface area contributed by atoms with Crippen LogP contribution >= 0.6 is 0 Å². The first-order valence-electron chi connectivity index (χ1n) is 10.3. The van der Waals surface area contributed by atoms with Gasteiger partial charge in [-0.05, 0) is 55.4 Å². The maximum absolute atomic E-state index is 13.0. The molecule has 0 saturated carbocycles. The summed E-state index contributed by atoms with van der Waals surface area (Å²) in [6.07, 6.45) is -2.53. The Kier molecular flexibility index (Phi) is 6.78. The molecule has 31 heavy (non-hydrogen) atoms. The summed E-state index contributed by atoms with van der Waals surface area (Å²) in [6, 6.07) is -1.87. The van der Waals surface area contributed by atoms with Crippen LogP contribution in [0.3, 0.4) is 0 Å². The molecule has 2 rings (SSSR count). The molecule has 2 heterocycles. The number of carbonyl (C=O) groups is 4. The zero-order valence-corrected chi connectivity index (χ0v) is 19.8. The van der Waals surface area contributed by atoms with Crippen LogP contribution in [0.25, 0.3) is 0 Å². The van der Waals surface area contributed by atoms with E-state index in [4.69, 9.17) is 18.9 Å². The predicted octanol–water partition coefficient (Wildman–Crippen LogP) is 2.48. The maximum Gasteiger partial charge on any atom is 0.417 e. The van der Waals surface area contributed by atoms with E-state index in [1.54, 1.807) is 55.4 Å². The molecule has 3 amide bonds. The lowest BCUT2D eigenvalue weighted by Gasteiger charge is -2.35. The summed E-state index contributed by atoms with van der Waals surface area (Å²) in [6.45, 7) is 14.5. The number of ether oxygens (including phenoxy) is 4. The third kappa shape index (κ3) is 5.94. The highest BCUT2D eigenvalue weighted by atomic mass is 16.8. The van der Waals surface area contributed by atoms with Gasteiger partial charge in [-0.1, -0.05) is 0 Å². The van der Waals surface area contributed by atoms with Crippen LogP contribution in [0.2, 0.25) is 0 Å². The number of likely N-dealkylation sites (tertiary alicyclic amines) is 1. The molecule has 10 heteroatoms. The van der Waals surface area contributed by atoms with Crippen LogP contribution < -0.4 is 0 Å². The fraction of sp³-hybridized carbons (Fsp3) is 0.810. The van der Waals surface area contributed by atoms with Crippen molar-refractivity contribution < 1.29 is 38.1 Å². The molecule has 0 spiro atoms. The van der Waals surface area contributed by atoms with Crippen LogP contribution in [0.4, 0.5) is 9.59 Å². The molecule has 2 fully saturated rings. The number of aldehydes is 1. The van der Waals surface area contributed by atoms with E-state index in [0.29, 0.717) is 6.29 Å². The van der Waals surface area contributed by atoms with Crippen molar-refractivity contribution in [2.75, 3.05) is 6.54 Å². The molecule has 0 radical (unpaired) electrons. The Morgan fingerprint density at radius 1 is 1.00 bits per heavy atom. The second-order valence-corrected chi connectivity index (χ2v) is 10.3. The fourth-order valence-electron chi connectivity index (χ4n) is 3.66. The van der Waals surface area contributed by atoms with Gasteiger partial charge in [0.25, 0.3) is 0 Å². The minimum atomic E-state index is -1.00. The maximum atomic E-state index is 13.0. The summed E-state index contributed by atoms with van der Waals surface area (Å²) in [5.74, 6) is -1.57. The number of amides is 3. The van der Waals surface area contributed by atoms with Gasteiger partial charge in [0.15, 0.2) is 5.79 Å². The minimum Gasteiger partial charge on any atom is -0.444 e. The van der Waals surface area contributed by atoms with E-state index in [1.807, 2.05) is 0 Å². The summed E-state index contributed by atoms with van der Waals surface area (Å²) in [4.78, 5) is 52.0. The molecule has 2 aliphatic rings. The van der Waals surface area contributed by atoms with Gasteiger partial charge in [-0.2, -0.15) is 0 Å². The van der Waals surface area contributed by atoms with Crippen molar-refractivity contribution in [2.45, 2.75) is 104 Å². The molecule has 0 unspecified atom stereocenters. The van der Waals surface area contributed by atoms with E-state index in [9.17, 15) is 19.2 Å². The number of rotatable bonds is 3. The van der Waals surface area contributed by atoms with Crippen LogP contribution in [-0.2, 0) is 28.5 Å². The Hall–Kier alpha value is -2.20. The van der Waals surface area contributed by atoms with Crippen molar-refractivity contribution in [1.82, 2.24) is 9.80 Å². The van der Waals surface area contributed by atoms with Gasteiger partial charge in [-0.25, -0.2) is 14.5 Å². The third-order valence-electron chi connectivity index (χ3n) is 4.67. The van der Waals surface area contributed by atoms with Crippen molar-refractivity contribution in [1.29, 1.82) is 0 Å². The first-order chi connectivity index (χ1) is 14.0. The van der Waals surface area contributed by atoms with Crippen molar-refractivity contribution in [3.63, 3.8) is 0 Å². The van der Waals surface area contributed by atoms with E-state index < -0.39 is 59.4 Å². The first-order valence-corrected chi connectivity index (χ1v) is 10.3. The number of fused-ring (bicyclic) bond motifs is 1. The van der Waals surface area contributed by atoms with Crippen molar-refractivity contribution in [3.05, 3.63) is 0 Å². The first kappa shape index (κ1) is 25.1. The predicted molar refractivity (Wildman–Crippen MR) is 109 cm³/mol. The molecular weight excluding hydrogens is 408 g/mol. The minimum absolute atomic E-state index is 0.242. The quantitative estimate of drug-likeness (QED) is 0.613. The number of nitrogens with zero attached hydrogens (tertiary/aromatic N) is 2. The van der Waals surface area contributed by atoms with Crippen molar-refractivity contribution >= 4 is 24.4 Å². The van der Waals surface area contributed by atoms with Gasteiger partial charge in [-0.3, -0.25) is 9.69 Å². The second kappa shape index (κ2) is 8.38. The highest BCUT2D eigenvalue weighted by molar-refractivity contribution is 5.91. The summed E-state index contributed by atoms with van der Waals surface area (Å²) in [5, 5.41) is 0. The fourth-order valence-corrected chi connectivity index (χ4v) is 3.66. The molecule has 0 aliphatic carbocycles. The standard InChI is InChI=1S/C21H34N2O8/c1-12(25)22(17(26)30-19(2,3)4)10-13-15-16(29-21(8,9)28-15)14(11-24)23(13)18(27)31-20(5,6)7/h11,13-16H,10H2,1-9H3/t13-,14-,15-,16+/m0/s1. The van der Waals surface area contributed by atoms with Crippen LogP contribution in [-0.4, -0.2) is 82.0 Å². The highest BCUT2D eigenvalue weighted by Crippen LogP contribution is 2.41. The lowest BCUT2D eigenvalue weighted by molar-refractivity contribution is -0.168. The third-order valence-corrected chi connectivity index (χ3v) is 4.67. The van der Waals surface area contributed by atoms with E-state index in [0.717, 1.165) is 4.90 Å². The van der Waals surface area contributed by atoms with Crippen molar-refractivity contribution in [2.24, 2.45) is 0 Å². The van der Waals surface area contributed by atoms with Gasteiger partial charge >= 0.3 is 12.2 Å². The molecule has 0 aromatic rings. The van der Waals surface area contributed by atoms with Crippen LogP contribution in [0.15, 0.2) is 0 Å². The number of hydrogen-bond acceptors (Lipinski definition) is 8. The molecule has 0 N–H and O–H groups in total. The van der Waals surface area contributed by atoms with Gasteiger partial charge in [0.05, 0.1) is 12.6 Å². The Morgan fingerprint density at radius 2 is 1.52 bits per heavy atom. The Morgan fingerprint density at radius 3 is 1.97 bits per heavy atom. The topological polar surface area (TPSA) is 112 Å². The van der Waals surface area contributed by atoms with Gasteiger partial charge in [0.1, 0.15) is 35.7 Å². The average Bonchev–Trinajstić information content (AvgIpc) is 2.98. The molecule has 0 aromatic heterocycles. The average molecular weight is 443 g/mol. The van der Waals surface area contributed by atoms with Gasteiger partial charge in [0.2, 0.25) is 5.91 Å². The normalized spacial score (nSPS) is 27.5. The van der Waals surface area contributed by atoms with Gasteiger partial charge in [0, 0.05) is 6.92 Å². The summed E-state index contributed by atoms with van der Waals surface area (Å²) < 4.78 is 22.7. The van der Waals surface area contributed by atoms with Crippen LogP contribution in [0.5, 0.6) is 0 Å². The Bertz CT molecular complexity index is 737. The Labute approximate surface area is 183 Å². The smallest absolute Gasteiger partial charge is 0.417 e. The second-order valence-electron chi connectivity index (χ2n) is 10.3. The largest absolute Gasteiger partial charge is 0.444 e. The zero-order valence-electron chi connectivity index (χ0n) is 19.8. The molecule has 0 bridgehead atoms. The van der Waals surface area contributed by atoms with E-state index >= 15 is 0 Å². The molecule has 176 valence electrons. The van der Waals surface area contributed by atoms with E-state index in [-0.39, 0.29) is 6.54 Å². The molecule has 2 aliphatic heterocycles. The number of carbonyl (C=O) groups excluding carboxylic acids is 4. The molecular formula is C21H34N2O8. The Balaban J connectivity index is 2.41. The lowest BCUT2D eigenvalue weighted by atomic mass is 10.1.